The summed E-state index contributed by atoms with van der Waals surface area (Å²) >= 11 is 0. The van der Waals surface area contributed by atoms with Crippen molar-refractivity contribution in [2.45, 2.75) is 13.0 Å². The van der Waals surface area contributed by atoms with Gasteiger partial charge in [0.15, 0.2) is 0 Å². The standard InChI is InChI=1S/C15H16O3/c1-17-15-6-5-13-9-12(3-4-14(13)10-15)11-18-8-2-7-16/h3-7,9-10H,2,8,11H2,1H3. The van der Waals surface area contributed by atoms with Gasteiger partial charge in [-0.25, -0.2) is 0 Å². The maximum absolute atomic E-state index is 10.2. The van der Waals surface area contributed by atoms with Crippen LogP contribution in [0.5, 0.6) is 5.75 Å². The number of fused-ring (bicyclic) bond motifs is 1. The molecule has 0 saturated carbocycles. The number of carbonyl (C=O) groups excluding carboxylic acids is 1. The summed E-state index contributed by atoms with van der Waals surface area (Å²) in [6, 6.07) is 12.2. The van der Waals surface area contributed by atoms with Crippen LogP contribution in [-0.2, 0) is 16.1 Å². The Morgan fingerprint density at radius 2 is 1.89 bits per heavy atom. The van der Waals surface area contributed by atoms with E-state index < -0.39 is 0 Å². The second-order valence-electron chi connectivity index (χ2n) is 4.06. The third-order valence-electron chi connectivity index (χ3n) is 2.76. The highest BCUT2D eigenvalue weighted by Crippen LogP contribution is 2.22. The Morgan fingerprint density at radius 1 is 1.11 bits per heavy atom. The van der Waals surface area contributed by atoms with Crippen molar-refractivity contribution in [3.8, 4) is 5.75 Å². The second-order valence-corrected chi connectivity index (χ2v) is 4.06. The number of hydrogen-bond donors (Lipinski definition) is 0. The Bertz CT molecular complexity index is 534. The number of methoxy groups -OCH3 is 1. The molecule has 2 aromatic carbocycles. The molecule has 0 saturated heterocycles. The minimum absolute atomic E-state index is 0.449. The largest absolute Gasteiger partial charge is 0.497 e. The Balaban J connectivity index is 2.10. The normalized spacial score (nSPS) is 10.5. The molecular formula is C15H16O3. The van der Waals surface area contributed by atoms with Crippen LogP contribution in [-0.4, -0.2) is 20.0 Å². The molecule has 0 fully saturated rings. The summed E-state index contributed by atoms with van der Waals surface area (Å²) in [6.45, 7) is 1.01. The lowest BCUT2D eigenvalue weighted by atomic mass is 10.1. The average Bonchev–Trinajstić information content (AvgIpc) is 2.43. The van der Waals surface area contributed by atoms with Gasteiger partial charge in [0, 0.05) is 6.42 Å². The van der Waals surface area contributed by atoms with Gasteiger partial charge in [0.2, 0.25) is 0 Å². The SMILES string of the molecule is COc1ccc2cc(COCCC=O)ccc2c1. The highest BCUT2D eigenvalue weighted by Gasteiger charge is 1.99. The topological polar surface area (TPSA) is 35.5 Å². The van der Waals surface area contributed by atoms with Crippen LogP contribution in [0.4, 0.5) is 0 Å². The van der Waals surface area contributed by atoms with Crippen LogP contribution < -0.4 is 4.74 Å². The molecule has 0 amide bonds. The van der Waals surface area contributed by atoms with Gasteiger partial charge >= 0.3 is 0 Å². The van der Waals surface area contributed by atoms with Crippen molar-refractivity contribution >= 4 is 17.1 Å². The first-order chi connectivity index (χ1) is 8.83. The minimum atomic E-state index is 0.449. The van der Waals surface area contributed by atoms with Crippen molar-refractivity contribution in [3.05, 3.63) is 42.0 Å². The fourth-order valence-electron chi connectivity index (χ4n) is 1.81. The van der Waals surface area contributed by atoms with Gasteiger partial charge in [-0.3, -0.25) is 0 Å². The van der Waals surface area contributed by atoms with E-state index in [1.165, 1.54) is 0 Å². The molecule has 0 aliphatic heterocycles. The summed E-state index contributed by atoms with van der Waals surface area (Å²) in [5.41, 5.74) is 1.11. The summed E-state index contributed by atoms with van der Waals surface area (Å²) in [5.74, 6) is 0.859. The lowest BCUT2D eigenvalue weighted by Gasteiger charge is -2.06. The Labute approximate surface area is 106 Å². The third kappa shape index (κ3) is 3.08. The quantitative estimate of drug-likeness (QED) is 0.579. The molecule has 0 aliphatic rings. The Hall–Kier alpha value is -1.87. The van der Waals surface area contributed by atoms with E-state index in [1.54, 1.807) is 7.11 Å². The first-order valence-corrected chi connectivity index (χ1v) is 5.91. The molecule has 2 rings (SSSR count). The van der Waals surface area contributed by atoms with Gasteiger partial charge in [-0.1, -0.05) is 18.2 Å². The number of aldehydes is 1. The van der Waals surface area contributed by atoms with Crippen LogP contribution in [0.25, 0.3) is 10.8 Å². The van der Waals surface area contributed by atoms with Gasteiger partial charge in [-0.05, 0) is 34.5 Å². The molecule has 3 heteroatoms. The van der Waals surface area contributed by atoms with E-state index in [0.29, 0.717) is 19.6 Å². The molecule has 2 aromatic rings. The zero-order chi connectivity index (χ0) is 12.8. The molecular weight excluding hydrogens is 228 g/mol. The van der Waals surface area contributed by atoms with Gasteiger partial charge in [0.1, 0.15) is 12.0 Å². The van der Waals surface area contributed by atoms with Crippen molar-refractivity contribution in [3.63, 3.8) is 0 Å². The Kier molecular flexibility index (Phi) is 4.31. The first-order valence-electron chi connectivity index (χ1n) is 5.91. The van der Waals surface area contributed by atoms with Crippen LogP contribution in [0, 0.1) is 0 Å². The molecule has 0 spiro atoms. The van der Waals surface area contributed by atoms with E-state index in [2.05, 4.69) is 12.1 Å². The molecule has 18 heavy (non-hydrogen) atoms. The van der Waals surface area contributed by atoms with Gasteiger partial charge in [0.25, 0.3) is 0 Å². The number of benzene rings is 2. The summed E-state index contributed by atoms with van der Waals surface area (Å²) in [6.07, 6.45) is 1.32. The zero-order valence-electron chi connectivity index (χ0n) is 10.4. The molecule has 0 atom stereocenters. The fraction of sp³-hybridized carbons (Fsp3) is 0.267. The summed E-state index contributed by atoms with van der Waals surface area (Å²) in [7, 11) is 1.66. The van der Waals surface area contributed by atoms with Crippen molar-refractivity contribution in [1.29, 1.82) is 0 Å². The monoisotopic (exact) mass is 244 g/mol. The Morgan fingerprint density at radius 3 is 2.67 bits per heavy atom. The minimum Gasteiger partial charge on any atom is -0.497 e. The van der Waals surface area contributed by atoms with Gasteiger partial charge in [0.05, 0.1) is 20.3 Å². The second kappa shape index (κ2) is 6.17. The summed E-state index contributed by atoms with van der Waals surface area (Å²) in [4.78, 5) is 10.2. The van der Waals surface area contributed by atoms with E-state index in [4.69, 9.17) is 9.47 Å². The van der Waals surface area contributed by atoms with Crippen LogP contribution in [0.2, 0.25) is 0 Å². The average molecular weight is 244 g/mol. The smallest absolute Gasteiger partial charge is 0.122 e. The fourth-order valence-corrected chi connectivity index (χ4v) is 1.81. The lowest BCUT2D eigenvalue weighted by molar-refractivity contribution is -0.108. The molecule has 0 heterocycles. The number of carbonyl (C=O) groups is 1. The van der Waals surface area contributed by atoms with E-state index in [9.17, 15) is 4.79 Å². The van der Waals surface area contributed by atoms with E-state index in [1.807, 2.05) is 24.3 Å². The maximum Gasteiger partial charge on any atom is 0.122 e. The molecule has 94 valence electrons. The summed E-state index contributed by atoms with van der Waals surface area (Å²) < 4.78 is 10.6. The van der Waals surface area contributed by atoms with E-state index >= 15 is 0 Å². The summed E-state index contributed by atoms with van der Waals surface area (Å²) in [5, 5.41) is 2.30. The molecule has 0 aliphatic carbocycles. The molecule has 0 N–H and O–H groups in total. The van der Waals surface area contributed by atoms with E-state index in [0.717, 1.165) is 28.4 Å². The highest BCUT2D eigenvalue weighted by molar-refractivity contribution is 5.84. The maximum atomic E-state index is 10.2. The van der Waals surface area contributed by atoms with Crippen LogP contribution in [0.15, 0.2) is 36.4 Å². The van der Waals surface area contributed by atoms with Gasteiger partial charge in [-0.2, -0.15) is 0 Å². The number of hydrogen-bond acceptors (Lipinski definition) is 3. The predicted molar refractivity (Wildman–Crippen MR) is 70.8 cm³/mol. The molecule has 3 nitrogen and oxygen atoms in total. The number of ether oxygens (including phenoxy) is 2. The van der Waals surface area contributed by atoms with Crippen molar-refractivity contribution in [2.24, 2.45) is 0 Å². The molecule has 0 aromatic heterocycles. The van der Waals surface area contributed by atoms with Crippen LogP contribution in [0.3, 0.4) is 0 Å². The lowest BCUT2D eigenvalue weighted by Crippen LogP contribution is -1.95. The number of rotatable bonds is 6. The van der Waals surface area contributed by atoms with E-state index in [-0.39, 0.29) is 0 Å². The van der Waals surface area contributed by atoms with Crippen LogP contribution in [0.1, 0.15) is 12.0 Å². The van der Waals surface area contributed by atoms with Crippen molar-refractivity contribution < 1.29 is 14.3 Å². The van der Waals surface area contributed by atoms with Gasteiger partial charge < -0.3 is 14.3 Å². The van der Waals surface area contributed by atoms with Gasteiger partial charge in [-0.15, -0.1) is 0 Å². The highest BCUT2D eigenvalue weighted by atomic mass is 16.5. The predicted octanol–water partition coefficient (Wildman–Crippen LogP) is 2.95. The van der Waals surface area contributed by atoms with Crippen LogP contribution >= 0.6 is 0 Å². The molecule has 0 radical (unpaired) electrons. The zero-order valence-corrected chi connectivity index (χ0v) is 10.4. The third-order valence-corrected chi connectivity index (χ3v) is 2.76. The molecule has 0 unspecified atom stereocenters. The molecule has 0 bridgehead atoms. The first kappa shape index (κ1) is 12.6. The van der Waals surface area contributed by atoms with Crippen molar-refractivity contribution in [2.75, 3.05) is 13.7 Å². The van der Waals surface area contributed by atoms with Crippen molar-refractivity contribution in [1.82, 2.24) is 0 Å².